The van der Waals surface area contributed by atoms with Crippen LogP contribution in [0.5, 0.6) is 0 Å². The molecule has 0 saturated carbocycles. The molecule has 2 aliphatic rings. The second-order valence-corrected chi connectivity index (χ2v) is 7.94. The molecule has 0 N–H and O–H groups in total. The Kier molecular flexibility index (Phi) is 6.36. The molecule has 7 heteroatoms. The normalized spacial score (nSPS) is 20.2. The Morgan fingerprint density at radius 1 is 1.14 bits per heavy atom. The summed E-state index contributed by atoms with van der Waals surface area (Å²) in [6, 6.07) is 13.6. The van der Waals surface area contributed by atoms with Crippen LogP contribution in [0.4, 0.5) is 11.6 Å². The predicted molar refractivity (Wildman–Crippen MR) is 117 cm³/mol. The second kappa shape index (κ2) is 9.33. The highest BCUT2D eigenvalue weighted by atomic mass is 32.2. The number of unbranched alkanes of at least 4 members (excludes halogenated alkanes) is 1. The molecule has 0 spiro atoms. The minimum absolute atomic E-state index is 0.0116. The number of amidine groups is 1. The number of carbonyl (C=O) groups is 1. The molecule has 0 aliphatic carbocycles. The number of thioether (sulfide) groups is 1. The SMILES string of the molecule is CCCCN1C(=O)/C(=C\c2ccc(N3CCOCC3)o2)SC1=Nc1ccccc1. The van der Waals surface area contributed by atoms with E-state index < -0.39 is 0 Å². The van der Waals surface area contributed by atoms with Crippen molar-refractivity contribution in [3.05, 3.63) is 53.1 Å². The number of ether oxygens (including phenoxy) is 1. The number of aliphatic imine (C=N–C) groups is 1. The van der Waals surface area contributed by atoms with E-state index in [9.17, 15) is 4.79 Å². The smallest absolute Gasteiger partial charge is 0.266 e. The Hall–Kier alpha value is -2.51. The van der Waals surface area contributed by atoms with Gasteiger partial charge in [0.05, 0.1) is 23.8 Å². The zero-order valence-corrected chi connectivity index (χ0v) is 17.4. The monoisotopic (exact) mass is 411 g/mol. The van der Waals surface area contributed by atoms with E-state index in [1.54, 1.807) is 4.90 Å². The average molecular weight is 412 g/mol. The van der Waals surface area contributed by atoms with Crippen LogP contribution in [0.15, 0.2) is 56.8 Å². The van der Waals surface area contributed by atoms with Crippen LogP contribution in [0.2, 0.25) is 0 Å². The van der Waals surface area contributed by atoms with Crippen molar-refractivity contribution in [2.45, 2.75) is 19.8 Å². The lowest BCUT2D eigenvalue weighted by molar-refractivity contribution is -0.122. The molecular formula is C22H25N3O3S. The number of para-hydroxylation sites is 1. The maximum atomic E-state index is 13.0. The van der Waals surface area contributed by atoms with Gasteiger partial charge in [0, 0.05) is 31.8 Å². The van der Waals surface area contributed by atoms with Crippen molar-refractivity contribution in [2.24, 2.45) is 4.99 Å². The average Bonchev–Trinajstić information content (AvgIpc) is 3.33. The Balaban J connectivity index is 1.56. The second-order valence-electron chi connectivity index (χ2n) is 6.93. The summed E-state index contributed by atoms with van der Waals surface area (Å²) in [7, 11) is 0. The first-order valence-corrected chi connectivity index (χ1v) is 10.8. The third-order valence-electron chi connectivity index (χ3n) is 4.81. The van der Waals surface area contributed by atoms with E-state index in [0.29, 0.717) is 30.4 Å². The number of amides is 1. The van der Waals surface area contributed by atoms with E-state index >= 15 is 0 Å². The number of benzene rings is 1. The Morgan fingerprint density at radius 3 is 2.69 bits per heavy atom. The van der Waals surface area contributed by atoms with Gasteiger partial charge in [0.25, 0.3) is 5.91 Å². The van der Waals surface area contributed by atoms with Crippen molar-refractivity contribution in [2.75, 3.05) is 37.7 Å². The summed E-state index contributed by atoms with van der Waals surface area (Å²) >= 11 is 1.41. The lowest BCUT2D eigenvalue weighted by Crippen LogP contribution is -2.35. The number of carbonyl (C=O) groups excluding carboxylic acids is 1. The van der Waals surface area contributed by atoms with Gasteiger partial charge in [-0.25, -0.2) is 4.99 Å². The summed E-state index contributed by atoms with van der Waals surface area (Å²) in [4.78, 5) is 22.3. The molecule has 1 aromatic heterocycles. The first-order chi connectivity index (χ1) is 14.2. The van der Waals surface area contributed by atoms with Crippen molar-refractivity contribution >= 4 is 40.5 Å². The number of morpholine rings is 1. The van der Waals surface area contributed by atoms with Crippen LogP contribution < -0.4 is 4.90 Å². The van der Waals surface area contributed by atoms with E-state index in [0.717, 1.165) is 42.7 Å². The topological polar surface area (TPSA) is 58.3 Å². The van der Waals surface area contributed by atoms with Gasteiger partial charge in [-0.1, -0.05) is 31.5 Å². The van der Waals surface area contributed by atoms with Gasteiger partial charge in [-0.2, -0.15) is 0 Å². The summed E-state index contributed by atoms with van der Waals surface area (Å²) < 4.78 is 11.4. The van der Waals surface area contributed by atoms with Crippen LogP contribution in [0.25, 0.3) is 6.08 Å². The summed E-state index contributed by atoms with van der Waals surface area (Å²) in [5.41, 5.74) is 0.846. The molecule has 4 rings (SSSR count). The molecule has 0 bridgehead atoms. The minimum Gasteiger partial charge on any atom is -0.441 e. The van der Waals surface area contributed by atoms with Crippen molar-refractivity contribution in [3.8, 4) is 0 Å². The van der Waals surface area contributed by atoms with Crippen molar-refractivity contribution in [1.29, 1.82) is 0 Å². The minimum atomic E-state index is -0.0116. The largest absolute Gasteiger partial charge is 0.441 e. The van der Waals surface area contributed by atoms with E-state index in [1.165, 1.54) is 11.8 Å². The molecule has 2 aliphatic heterocycles. The van der Waals surface area contributed by atoms with Gasteiger partial charge >= 0.3 is 0 Å². The molecule has 2 aromatic rings. The molecule has 1 aromatic carbocycles. The van der Waals surface area contributed by atoms with Gasteiger partial charge in [0.2, 0.25) is 0 Å². The predicted octanol–water partition coefficient (Wildman–Crippen LogP) is 4.52. The molecule has 1 amide bonds. The lowest BCUT2D eigenvalue weighted by atomic mass is 10.3. The van der Waals surface area contributed by atoms with Crippen LogP contribution in [0, 0.1) is 0 Å². The van der Waals surface area contributed by atoms with Gasteiger partial charge < -0.3 is 14.1 Å². The van der Waals surface area contributed by atoms with Crippen LogP contribution >= 0.6 is 11.8 Å². The first-order valence-electron chi connectivity index (χ1n) is 10.0. The zero-order valence-electron chi connectivity index (χ0n) is 16.5. The van der Waals surface area contributed by atoms with E-state index in [2.05, 4.69) is 11.8 Å². The van der Waals surface area contributed by atoms with Gasteiger partial charge in [-0.15, -0.1) is 0 Å². The molecular weight excluding hydrogens is 386 g/mol. The fraction of sp³-hybridized carbons (Fsp3) is 0.364. The molecule has 152 valence electrons. The number of hydrogen-bond acceptors (Lipinski definition) is 6. The van der Waals surface area contributed by atoms with E-state index in [4.69, 9.17) is 14.1 Å². The van der Waals surface area contributed by atoms with Gasteiger partial charge in [0.1, 0.15) is 5.76 Å². The Labute approximate surface area is 175 Å². The number of hydrogen-bond donors (Lipinski definition) is 0. The molecule has 2 fully saturated rings. The number of nitrogens with zero attached hydrogens (tertiary/aromatic N) is 3. The summed E-state index contributed by atoms with van der Waals surface area (Å²) in [5.74, 6) is 1.48. The number of rotatable bonds is 6. The number of furan rings is 1. The van der Waals surface area contributed by atoms with Crippen LogP contribution in [-0.2, 0) is 9.53 Å². The summed E-state index contributed by atoms with van der Waals surface area (Å²) in [6.45, 7) is 5.83. The summed E-state index contributed by atoms with van der Waals surface area (Å²) in [6.07, 6.45) is 3.78. The standard InChI is InChI=1S/C22H25N3O3S/c1-2-3-11-25-21(26)19(29-22(25)23-17-7-5-4-6-8-17)16-18-9-10-20(28-18)24-12-14-27-15-13-24/h4-10,16H,2-3,11-15H2,1H3/b19-16+,23-22?. The Morgan fingerprint density at radius 2 is 1.93 bits per heavy atom. The zero-order chi connectivity index (χ0) is 20.1. The van der Waals surface area contributed by atoms with Gasteiger partial charge in [-0.05, 0) is 36.4 Å². The Bertz CT molecular complexity index is 901. The van der Waals surface area contributed by atoms with Crippen molar-refractivity contribution < 1.29 is 13.9 Å². The fourth-order valence-electron chi connectivity index (χ4n) is 3.22. The quantitative estimate of drug-likeness (QED) is 0.654. The lowest BCUT2D eigenvalue weighted by Gasteiger charge is -2.26. The van der Waals surface area contributed by atoms with Gasteiger partial charge in [0.15, 0.2) is 11.1 Å². The fourth-order valence-corrected chi connectivity index (χ4v) is 4.23. The molecule has 6 nitrogen and oxygen atoms in total. The highest BCUT2D eigenvalue weighted by Gasteiger charge is 2.33. The molecule has 3 heterocycles. The van der Waals surface area contributed by atoms with Crippen molar-refractivity contribution in [1.82, 2.24) is 4.90 Å². The van der Waals surface area contributed by atoms with Crippen LogP contribution in [-0.4, -0.2) is 48.8 Å². The van der Waals surface area contributed by atoms with E-state index in [-0.39, 0.29) is 5.91 Å². The van der Waals surface area contributed by atoms with Gasteiger partial charge in [-0.3, -0.25) is 9.69 Å². The molecule has 2 saturated heterocycles. The number of anilines is 1. The highest BCUT2D eigenvalue weighted by Crippen LogP contribution is 2.35. The maximum absolute atomic E-state index is 13.0. The molecule has 0 unspecified atom stereocenters. The third-order valence-corrected chi connectivity index (χ3v) is 5.82. The van der Waals surface area contributed by atoms with Crippen LogP contribution in [0.1, 0.15) is 25.5 Å². The summed E-state index contributed by atoms with van der Waals surface area (Å²) in [5, 5.41) is 0.723. The molecule has 0 atom stereocenters. The maximum Gasteiger partial charge on any atom is 0.266 e. The third kappa shape index (κ3) is 4.74. The first kappa shape index (κ1) is 19.8. The van der Waals surface area contributed by atoms with Crippen molar-refractivity contribution in [3.63, 3.8) is 0 Å². The highest BCUT2D eigenvalue weighted by molar-refractivity contribution is 8.18. The molecule has 0 radical (unpaired) electrons. The van der Waals surface area contributed by atoms with E-state index in [1.807, 2.05) is 48.5 Å². The molecule has 29 heavy (non-hydrogen) atoms. The van der Waals surface area contributed by atoms with Crippen LogP contribution in [0.3, 0.4) is 0 Å².